The number of hydrogen-bond donors (Lipinski definition) is 2. The monoisotopic (exact) mass is 1180 g/mol. The Bertz CT molecular complexity index is 2890. The first-order valence-corrected chi connectivity index (χ1v) is 25.0. The molecule has 0 fully saturated rings. The summed E-state index contributed by atoms with van der Waals surface area (Å²) in [6.07, 6.45) is -18.4. The van der Waals surface area contributed by atoms with Gasteiger partial charge in [-0.05, 0) is 157 Å². The zero-order chi connectivity index (χ0) is 60.7. The van der Waals surface area contributed by atoms with Crippen molar-refractivity contribution in [2.75, 3.05) is 37.9 Å². The number of benzene rings is 6. The number of alkyl halides is 14. The Hall–Kier alpha value is -8.44. The van der Waals surface area contributed by atoms with Crippen molar-refractivity contribution in [3.8, 4) is 23.0 Å². The largest absolute Gasteiger partial charge is 0.494 e. The molecule has 6 aromatic rings. The van der Waals surface area contributed by atoms with Crippen molar-refractivity contribution in [3.63, 3.8) is 0 Å². The molecule has 0 saturated heterocycles. The summed E-state index contributed by atoms with van der Waals surface area (Å²) in [6, 6.07) is 31.9. The maximum absolute atomic E-state index is 15.1. The predicted octanol–water partition coefficient (Wildman–Crippen LogP) is 15.1. The van der Waals surface area contributed by atoms with Crippen LogP contribution in [0.3, 0.4) is 0 Å². The number of carbonyl (C=O) groups excluding carboxylic acids is 2. The van der Waals surface area contributed by atoms with Crippen molar-refractivity contribution >= 4 is 35.5 Å². The van der Waals surface area contributed by atoms with Crippen molar-refractivity contribution in [2.45, 2.75) is 74.9 Å². The van der Waals surface area contributed by atoms with Gasteiger partial charge in [0, 0.05) is 41.8 Å². The van der Waals surface area contributed by atoms with Gasteiger partial charge in [-0.2, -0.15) is 61.5 Å². The molecule has 0 bridgehead atoms. The number of anilines is 2. The average Bonchev–Trinajstić information content (AvgIpc) is 3.48. The van der Waals surface area contributed by atoms with E-state index < -0.39 is 104 Å². The second kappa shape index (κ2) is 27.1. The van der Waals surface area contributed by atoms with E-state index in [-0.39, 0.29) is 49.1 Å². The summed E-state index contributed by atoms with van der Waals surface area (Å²) in [7, 11) is 0. The van der Waals surface area contributed by atoms with Crippen molar-refractivity contribution in [1.82, 2.24) is 0 Å². The number of carbonyl (C=O) groups is 2. The summed E-state index contributed by atoms with van der Waals surface area (Å²) >= 11 is 0. The van der Waals surface area contributed by atoms with Crippen molar-refractivity contribution < 1.29 is 99.5 Å². The number of halogens is 14. The van der Waals surface area contributed by atoms with Gasteiger partial charge in [0.1, 0.15) is 36.2 Å². The SMILES string of the molecule is Nc1ccc(CC(COC(=O)/C=C/c2ccc(OC(F)(F)c3ccc(OCCCC(F)(F)C(F)(F)F)cc3)cc2)(COC(=O)/C=C/c2ccc(OC(F)(F)c3ccc(OCCCC(F)(F)C(F)(F)F)cc3)cc2)Cc2ccc(N)cc2)cc1. The van der Waals surface area contributed by atoms with E-state index in [2.05, 4.69) is 0 Å². The number of nitrogen functional groups attached to an aromatic ring is 2. The number of esters is 2. The van der Waals surface area contributed by atoms with E-state index >= 15 is 17.6 Å². The number of rotatable bonds is 28. The highest BCUT2D eigenvalue weighted by Gasteiger charge is 2.57. The van der Waals surface area contributed by atoms with E-state index in [1.54, 1.807) is 48.5 Å². The van der Waals surface area contributed by atoms with Gasteiger partial charge in [-0.25, -0.2) is 9.59 Å². The zero-order valence-electron chi connectivity index (χ0n) is 43.4. The topological polar surface area (TPSA) is 142 Å². The van der Waals surface area contributed by atoms with Crippen LogP contribution in [0.15, 0.2) is 158 Å². The van der Waals surface area contributed by atoms with Crippen LogP contribution in [-0.2, 0) is 44.1 Å². The minimum atomic E-state index is -5.71. The molecular weight excluding hydrogens is 1130 g/mol. The van der Waals surface area contributed by atoms with E-state index in [4.69, 9.17) is 39.9 Å². The number of ether oxygens (including phenoxy) is 6. The lowest BCUT2D eigenvalue weighted by molar-refractivity contribution is -0.284. The second-order valence-electron chi connectivity index (χ2n) is 19.0. The summed E-state index contributed by atoms with van der Waals surface area (Å²) in [6.45, 7) is -1.70. The van der Waals surface area contributed by atoms with Gasteiger partial charge in [-0.3, -0.25) is 0 Å². The van der Waals surface area contributed by atoms with Crippen LogP contribution in [0.25, 0.3) is 12.2 Å². The molecule has 0 unspecified atom stereocenters. The normalized spacial score (nSPS) is 12.8. The molecule has 0 aliphatic carbocycles. The first-order chi connectivity index (χ1) is 38.9. The Morgan fingerprint density at radius 3 is 1.04 bits per heavy atom. The fraction of sp³-hybridized carbons (Fsp3) is 0.288. The zero-order valence-corrected chi connectivity index (χ0v) is 43.4. The van der Waals surface area contributed by atoms with Gasteiger partial charge in [-0.15, -0.1) is 0 Å². The lowest BCUT2D eigenvalue weighted by Gasteiger charge is -2.33. The molecule has 0 amide bonds. The summed E-state index contributed by atoms with van der Waals surface area (Å²) < 4.78 is 219. The van der Waals surface area contributed by atoms with Crippen LogP contribution in [-0.4, -0.2) is 62.6 Å². The maximum Gasteiger partial charge on any atom is 0.453 e. The van der Waals surface area contributed by atoms with E-state index in [1.807, 2.05) is 0 Å². The fourth-order valence-corrected chi connectivity index (χ4v) is 7.77. The van der Waals surface area contributed by atoms with Crippen LogP contribution in [0, 0.1) is 5.41 Å². The summed E-state index contributed by atoms with van der Waals surface area (Å²) in [5, 5.41) is 0. The maximum atomic E-state index is 15.1. The molecule has 4 N–H and O–H groups in total. The Kier molecular flexibility index (Phi) is 20.8. The molecule has 6 rings (SSSR count). The Morgan fingerprint density at radius 2 is 0.723 bits per heavy atom. The summed E-state index contributed by atoms with van der Waals surface area (Å²) in [4.78, 5) is 26.7. The summed E-state index contributed by atoms with van der Waals surface area (Å²) in [5.41, 5.74) is 12.6. The third kappa shape index (κ3) is 19.3. The first-order valence-electron chi connectivity index (χ1n) is 25.0. The molecule has 10 nitrogen and oxygen atoms in total. The van der Waals surface area contributed by atoms with E-state index in [9.17, 15) is 53.5 Å². The van der Waals surface area contributed by atoms with Gasteiger partial charge in [0.15, 0.2) is 0 Å². The minimum absolute atomic E-state index is 0.0570. The molecule has 0 radical (unpaired) electrons. The van der Waals surface area contributed by atoms with Gasteiger partial charge < -0.3 is 39.9 Å². The second-order valence-corrected chi connectivity index (χ2v) is 19.0. The van der Waals surface area contributed by atoms with Crippen LogP contribution >= 0.6 is 0 Å². The quantitative estimate of drug-likeness (QED) is 0.0160. The highest BCUT2D eigenvalue weighted by molar-refractivity contribution is 5.87. The van der Waals surface area contributed by atoms with Crippen LogP contribution < -0.4 is 30.4 Å². The van der Waals surface area contributed by atoms with Crippen LogP contribution in [0.5, 0.6) is 23.0 Å². The average molecular weight is 1180 g/mol. The Morgan fingerprint density at radius 1 is 0.410 bits per heavy atom. The van der Waals surface area contributed by atoms with Crippen molar-refractivity contribution in [1.29, 1.82) is 0 Å². The molecule has 0 heterocycles. The van der Waals surface area contributed by atoms with Crippen LogP contribution in [0.2, 0.25) is 0 Å². The Labute approximate surface area is 466 Å². The molecule has 0 aliphatic rings. The molecular formula is C59H52F14N2O8. The smallest absolute Gasteiger partial charge is 0.453 e. The highest BCUT2D eigenvalue weighted by Crippen LogP contribution is 2.41. The predicted molar refractivity (Wildman–Crippen MR) is 278 cm³/mol. The summed E-state index contributed by atoms with van der Waals surface area (Å²) in [5.74, 6) is -12.2. The van der Waals surface area contributed by atoms with Gasteiger partial charge in [0.2, 0.25) is 0 Å². The highest BCUT2D eigenvalue weighted by atomic mass is 19.4. The van der Waals surface area contributed by atoms with Crippen LogP contribution in [0.4, 0.5) is 72.8 Å². The minimum Gasteiger partial charge on any atom is -0.494 e. The molecule has 0 aliphatic heterocycles. The van der Waals surface area contributed by atoms with Crippen molar-refractivity contribution in [2.24, 2.45) is 5.41 Å². The molecule has 24 heteroatoms. The third-order valence-electron chi connectivity index (χ3n) is 12.3. The molecule has 0 atom stereocenters. The van der Waals surface area contributed by atoms with Gasteiger partial charge in [0.25, 0.3) is 0 Å². The Balaban J connectivity index is 1.06. The van der Waals surface area contributed by atoms with Gasteiger partial charge in [-0.1, -0.05) is 48.5 Å². The van der Waals surface area contributed by atoms with E-state index in [0.29, 0.717) is 22.5 Å². The third-order valence-corrected chi connectivity index (χ3v) is 12.3. The van der Waals surface area contributed by atoms with E-state index in [0.717, 1.165) is 71.8 Å². The van der Waals surface area contributed by atoms with Gasteiger partial charge in [0.05, 0.1) is 24.3 Å². The molecule has 444 valence electrons. The lowest BCUT2D eigenvalue weighted by atomic mass is 9.77. The molecule has 0 aromatic heterocycles. The fourth-order valence-electron chi connectivity index (χ4n) is 7.77. The lowest BCUT2D eigenvalue weighted by Crippen LogP contribution is -2.38. The van der Waals surface area contributed by atoms with Crippen molar-refractivity contribution in [3.05, 3.63) is 191 Å². The number of nitrogens with two attached hydrogens (primary N) is 2. The number of hydrogen-bond acceptors (Lipinski definition) is 10. The molecule has 83 heavy (non-hydrogen) atoms. The first kappa shape index (κ1) is 63.7. The molecule has 6 aromatic carbocycles. The standard InChI is InChI=1S/C59H52F14N2O8/c60-54(61,58(68,69)70)31-1-33-78-47-25-13-43(14-26-47)56(64,65)82-49-21-7-39(8-22-49)11-29-51(76)80-37-53(35-41-3-17-45(74)18-4-41,36-42-5-19-46(75)20-6-42)38-81-52(77)30-12-40-9-23-50(24-10-40)83-57(66,67)44-15-27-48(28-16-44)79-34-2-32-55(62,63)59(71,72)73/h3-30H,1-2,31-38,74-75H2/b29-11+,30-12+. The molecule has 0 spiro atoms. The molecule has 0 saturated carbocycles. The van der Waals surface area contributed by atoms with Crippen LogP contribution in [0.1, 0.15) is 59.1 Å². The van der Waals surface area contributed by atoms with E-state index in [1.165, 1.54) is 60.7 Å². The van der Waals surface area contributed by atoms with Gasteiger partial charge >= 0.3 is 48.4 Å².